The molecule has 4 atom stereocenters. The second-order valence-electron chi connectivity index (χ2n) is 10.1. The lowest BCUT2D eigenvalue weighted by Gasteiger charge is -2.46. The fraction of sp³-hybridized carbons (Fsp3) is 0.357. The third-order valence-electron chi connectivity index (χ3n) is 7.65. The number of ether oxygens (including phenoxy) is 1. The van der Waals surface area contributed by atoms with Crippen molar-refractivity contribution in [1.82, 2.24) is 25.8 Å². The van der Waals surface area contributed by atoms with E-state index in [4.69, 9.17) is 4.74 Å². The lowest BCUT2D eigenvalue weighted by Crippen LogP contribution is -2.62. The number of rotatable bonds is 6. The van der Waals surface area contributed by atoms with E-state index in [1.807, 2.05) is 42.2 Å². The van der Waals surface area contributed by atoms with Crippen LogP contribution >= 0.6 is 11.8 Å². The average molecular weight is 547 g/mol. The van der Waals surface area contributed by atoms with E-state index in [0.717, 1.165) is 24.2 Å². The number of amides is 4. The van der Waals surface area contributed by atoms with Crippen LogP contribution in [-0.4, -0.2) is 64.8 Å². The van der Waals surface area contributed by atoms with Crippen LogP contribution in [-0.2, 0) is 9.59 Å². The second kappa shape index (κ2) is 10.4. The van der Waals surface area contributed by atoms with Crippen LogP contribution in [0.2, 0.25) is 0 Å². The fourth-order valence-electron chi connectivity index (χ4n) is 5.85. The van der Waals surface area contributed by atoms with Gasteiger partial charge in [-0.15, -0.1) is 0 Å². The summed E-state index contributed by atoms with van der Waals surface area (Å²) in [6.45, 7) is 7.28. The number of benzene rings is 1. The number of likely N-dealkylation sites (tertiary alicyclic amines) is 1. The molecule has 1 aromatic carbocycles. The van der Waals surface area contributed by atoms with Gasteiger partial charge >= 0.3 is 6.03 Å². The molecule has 6 rings (SSSR count). The zero-order chi connectivity index (χ0) is 27.1. The molecule has 3 saturated heterocycles. The highest BCUT2D eigenvalue weighted by Gasteiger charge is 2.52. The van der Waals surface area contributed by atoms with Crippen molar-refractivity contribution < 1.29 is 19.1 Å². The van der Waals surface area contributed by atoms with Crippen LogP contribution in [0.5, 0.6) is 11.6 Å². The van der Waals surface area contributed by atoms with Gasteiger partial charge in [-0.1, -0.05) is 24.4 Å². The van der Waals surface area contributed by atoms with Gasteiger partial charge in [-0.3, -0.25) is 14.5 Å². The Kier molecular flexibility index (Phi) is 6.78. The summed E-state index contributed by atoms with van der Waals surface area (Å²) in [7, 11) is 0. The fourth-order valence-corrected chi connectivity index (χ4v) is 7.25. The molecular weight excluding hydrogens is 516 g/mol. The number of aromatic nitrogens is 1. The van der Waals surface area contributed by atoms with Crippen molar-refractivity contribution in [3.05, 3.63) is 71.4 Å². The summed E-state index contributed by atoms with van der Waals surface area (Å²) in [6, 6.07) is 10.7. The van der Waals surface area contributed by atoms with Gasteiger partial charge in [0.05, 0.1) is 16.3 Å². The minimum Gasteiger partial charge on any atom is -0.439 e. The van der Waals surface area contributed by atoms with Crippen molar-refractivity contribution in [2.24, 2.45) is 5.92 Å². The van der Waals surface area contributed by atoms with Gasteiger partial charge in [0.25, 0.3) is 5.91 Å². The first-order valence-corrected chi connectivity index (χ1v) is 14.0. The molecule has 3 unspecified atom stereocenters. The Morgan fingerprint density at radius 2 is 2.13 bits per heavy atom. The summed E-state index contributed by atoms with van der Waals surface area (Å²) in [4.78, 5) is 47.1. The molecule has 0 bridgehead atoms. The Labute approximate surface area is 230 Å². The minimum absolute atomic E-state index is 0.0166. The third-order valence-corrected chi connectivity index (χ3v) is 9.00. The lowest BCUT2D eigenvalue weighted by molar-refractivity contribution is -0.125. The summed E-state index contributed by atoms with van der Waals surface area (Å²) in [5, 5.41) is 9.64. The quantitative estimate of drug-likeness (QED) is 0.477. The number of hydrogen-bond acceptors (Lipinski definition) is 7. The molecule has 4 aliphatic rings. The maximum Gasteiger partial charge on any atom is 0.326 e. The molecule has 0 spiro atoms. The van der Waals surface area contributed by atoms with Crippen molar-refractivity contribution in [2.45, 2.75) is 37.2 Å². The number of aryl methyl sites for hydroxylation is 1. The van der Waals surface area contributed by atoms with Gasteiger partial charge in [-0.05, 0) is 62.2 Å². The van der Waals surface area contributed by atoms with Gasteiger partial charge in [0, 0.05) is 48.7 Å². The van der Waals surface area contributed by atoms with E-state index in [9.17, 15) is 14.4 Å². The molecule has 10 nitrogen and oxygen atoms in total. The minimum atomic E-state index is -0.246. The second-order valence-corrected chi connectivity index (χ2v) is 11.2. The van der Waals surface area contributed by atoms with E-state index in [2.05, 4.69) is 27.5 Å². The largest absolute Gasteiger partial charge is 0.439 e. The Morgan fingerprint density at radius 3 is 2.90 bits per heavy atom. The first-order chi connectivity index (χ1) is 18.9. The average Bonchev–Trinajstić information content (AvgIpc) is 3.55. The van der Waals surface area contributed by atoms with Crippen molar-refractivity contribution in [3.63, 3.8) is 0 Å². The van der Waals surface area contributed by atoms with Crippen LogP contribution in [0.25, 0.3) is 0 Å². The van der Waals surface area contributed by atoms with Gasteiger partial charge in [0.2, 0.25) is 11.8 Å². The molecule has 39 heavy (non-hydrogen) atoms. The molecule has 4 amide bonds. The first kappa shape index (κ1) is 25.4. The summed E-state index contributed by atoms with van der Waals surface area (Å²) in [5.74, 6) is 0.764. The molecule has 2 aromatic rings. The highest BCUT2D eigenvalue weighted by Crippen LogP contribution is 2.48. The zero-order valence-corrected chi connectivity index (χ0v) is 22.4. The van der Waals surface area contributed by atoms with Crippen LogP contribution in [0.1, 0.15) is 18.4 Å². The molecule has 1 aromatic heterocycles. The molecule has 11 heteroatoms. The molecule has 0 radical (unpaired) electrons. The standard InChI is InChI=1S/C28H30N6O4S/c1-3-22(35)33-13-10-17(15-33)31-26(36)25-24-23-20(9-12-30-27(23)39-25)34(28(37)32-24)19-8-7-18(14-16(19)2)38-21-6-4-5-11-29-21/h3-8,11,14,17,20,23,27,30H,1,9-10,12-13,15H2,2H3,(H,31,36)(H,32,37)/t17-,20?,23?,27?/m1/s1. The number of piperidine rings is 1. The van der Waals surface area contributed by atoms with Crippen molar-refractivity contribution in [3.8, 4) is 11.6 Å². The van der Waals surface area contributed by atoms with Gasteiger partial charge < -0.3 is 25.6 Å². The molecule has 202 valence electrons. The molecule has 3 fully saturated rings. The normalized spacial score (nSPS) is 25.7. The molecule has 5 heterocycles. The summed E-state index contributed by atoms with van der Waals surface area (Å²) >= 11 is 1.47. The predicted octanol–water partition coefficient (Wildman–Crippen LogP) is 2.88. The smallest absolute Gasteiger partial charge is 0.326 e. The van der Waals surface area contributed by atoms with E-state index in [-0.39, 0.29) is 41.2 Å². The Morgan fingerprint density at radius 1 is 1.26 bits per heavy atom. The first-order valence-electron chi connectivity index (χ1n) is 13.1. The number of urea groups is 1. The van der Waals surface area contributed by atoms with E-state index in [0.29, 0.717) is 41.7 Å². The third kappa shape index (κ3) is 4.76. The van der Waals surface area contributed by atoms with Gasteiger partial charge in [-0.25, -0.2) is 9.78 Å². The summed E-state index contributed by atoms with van der Waals surface area (Å²) in [5.41, 5.74) is 2.40. The van der Waals surface area contributed by atoms with E-state index in [1.54, 1.807) is 17.2 Å². The van der Waals surface area contributed by atoms with E-state index in [1.165, 1.54) is 17.8 Å². The molecular formula is C28H30N6O4S. The number of anilines is 1. The van der Waals surface area contributed by atoms with E-state index >= 15 is 0 Å². The highest BCUT2D eigenvalue weighted by molar-refractivity contribution is 8.04. The molecule has 3 N–H and O–H groups in total. The van der Waals surface area contributed by atoms with Crippen LogP contribution in [0.15, 0.2) is 65.9 Å². The Hall–Kier alpha value is -3.83. The molecule has 4 aliphatic heterocycles. The Balaban J connectivity index is 1.22. The number of thioether (sulfide) groups is 1. The van der Waals surface area contributed by atoms with Crippen LogP contribution in [0.4, 0.5) is 10.5 Å². The lowest BCUT2D eigenvalue weighted by atomic mass is 9.86. The predicted molar refractivity (Wildman–Crippen MR) is 148 cm³/mol. The van der Waals surface area contributed by atoms with Crippen LogP contribution in [0, 0.1) is 12.8 Å². The Bertz CT molecular complexity index is 1370. The number of hydrogen-bond donors (Lipinski definition) is 3. The van der Waals surface area contributed by atoms with Crippen LogP contribution < -0.4 is 25.6 Å². The van der Waals surface area contributed by atoms with Crippen molar-refractivity contribution in [1.29, 1.82) is 0 Å². The highest BCUT2D eigenvalue weighted by atomic mass is 32.2. The van der Waals surface area contributed by atoms with Crippen molar-refractivity contribution in [2.75, 3.05) is 24.5 Å². The maximum absolute atomic E-state index is 13.6. The summed E-state index contributed by atoms with van der Waals surface area (Å²) in [6.07, 6.45) is 4.42. The molecule has 0 saturated carbocycles. The van der Waals surface area contributed by atoms with E-state index < -0.39 is 0 Å². The van der Waals surface area contributed by atoms with Gasteiger partial charge in [-0.2, -0.15) is 0 Å². The maximum atomic E-state index is 13.6. The number of carbonyl (C=O) groups excluding carboxylic acids is 3. The SMILES string of the molecule is C=CC(=O)N1CC[C@@H](NC(=O)C2=C3NC(=O)N(c4ccc(Oc5ccccn5)cc4C)C4CCNC(S2)C34)C1. The van der Waals surface area contributed by atoms with Gasteiger partial charge in [0.15, 0.2) is 0 Å². The number of nitrogens with one attached hydrogen (secondary N) is 3. The van der Waals surface area contributed by atoms with Crippen molar-refractivity contribution >= 4 is 35.3 Å². The number of carbonyl (C=O) groups is 3. The summed E-state index contributed by atoms with van der Waals surface area (Å²) < 4.78 is 5.88. The monoisotopic (exact) mass is 546 g/mol. The topological polar surface area (TPSA) is 116 Å². The molecule has 0 aliphatic carbocycles. The zero-order valence-electron chi connectivity index (χ0n) is 21.6. The number of nitrogens with zero attached hydrogens (tertiary/aromatic N) is 3. The van der Waals surface area contributed by atoms with Gasteiger partial charge in [0.1, 0.15) is 5.75 Å². The number of pyridine rings is 1. The van der Waals surface area contributed by atoms with Crippen LogP contribution in [0.3, 0.4) is 0 Å².